The van der Waals surface area contributed by atoms with Crippen LogP contribution in [0.3, 0.4) is 0 Å². The third-order valence-electron chi connectivity index (χ3n) is 5.25. The Morgan fingerprint density at radius 3 is 2.33 bits per heavy atom. The number of nitrogens with zero attached hydrogens (tertiary/aromatic N) is 2. The average molecular weight is 389 g/mol. The lowest BCUT2D eigenvalue weighted by molar-refractivity contribution is -0.388. The van der Waals surface area contributed by atoms with E-state index in [4.69, 9.17) is 5.73 Å². The number of nitro groups is 1. The van der Waals surface area contributed by atoms with Gasteiger partial charge in [0.05, 0.1) is 4.92 Å². The van der Waals surface area contributed by atoms with E-state index < -0.39 is 14.9 Å². The fourth-order valence-electron chi connectivity index (χ4n) is 3.80. The molecule has 27 heavy (non-hydrogen) atoms. The number of nitrogens with two attached hydrogens (primary N) is 1. The summed E-state index contributed by atoms with van der Waals surface area (Å²) in [5.41, 5.74) is 7.30. The normalized spacial score (nSPS) is 20.7. The third kappa shape index (κ3) is 3.47. The van der Waals surface area contributed by atoms with Crippen molar-refractivity contribution in [1.82, 2.24) is 4.31 Å². The molecule has 1 heterocycles. The number of sulfonamides is 1. The van der Waals surface area contributed by atoms with Gasteiger partial charge in [0.25, 0.3) is 5.69 Å². The molecule has 2 aromatic carbocycles. The maximum Gasteiger partial charge on any atom is 0.292 e. The zero-order chi connectivity index (χ0) is 19.8. The summed E-state index contributed by atoms with van der Waals surface area (Å²) in [6, 6.07) is 12.8. The topological polar surface area (TPSA) is 107 Å². The minimum Gasteiger partial charge on any atom is -0.330 e. The molecule has 144 valence electrons. The highest BCUT2D eigenvalue weighted by molar-refractivity contribution is 7.89. The molecular weight excluding hydrogens is 366 g/mol. The Hall–Kier alpha value is -2.29. The summed E-state index contributed by atoms with van der Waals surface area (Å²) < 4.78 is 28.0. The first-order valence-corrected chi connectivity index (χ1v) is 10.2. The van der Waals surface area contributed by atoms with Gasteiger partial charge in [-0.15, -0.1) is 0 Å². The molecule has 0 bridgehead atoms. The van der Waals surface area contributed by atoms with Crippen molar-refractivity contribution in [2.45, 2.75) is 24.7 Å². The molecule has 0 radical (unpaired) electrons. The van der Waals surface area contributed by atoms with Crippen LogP contribution in [0, 0.1) is 29.9 Å². The smallest absolute Gasteiger partial charge is 0.292 e. The van der Waals surface area contributed by atoms with Gasteiger partial charge in [0.2, 0.25) is 10.0 Å². The SMILES string of the molecule is Cc1ccc(C)c(S(=O)(=O)N2C[C@@H](CN)[C@H](c3ccccc3)C2)c1[N+](=O)[O-]. The van der Waals surface area contributed by atoms with E-state index in [1.807, 2.05) is 30.3 Å². The van der Waals surface area contributed by atoms with Crippen LogP contribution in [0.2, 0.25) is 0 Å². The molecular formula is C19H23N3O4S. The van der Waals surface area contributed by atoms with Crippen molar-refractivity contribution in [2.24, 2.45) is 11.7 Å². The van der Waals surface area contributed by atoms with Crippen molar-refractivity contribution < 1.29 is 13.3 Å². The molecule has 3 rings (SSSR count). The van der Waals surface area contributed by atoms with Crippen LogP contribution in [0.5, 0.6) is 0 Å². The summed E-state index contributed by atoms with van der Waals surface area (Å²) in [4.78, 5) is 10.7. The van der Waals surface area contributed by atoms with Crippen molar-refractivity contribution in [1.29, 1.82) is 0 Å². The van der Waals surface area contributed by atoms with Crippen molar-refractivity contribution in [3.05, 3.63) is 69.3 Å². The van der Waals surface area contributed by atoms with Gasteiger partial charge in [-0.2, -0.15) is 4.31 Å². The molecule has 1 aliphatic heterocycles. The van der Waals surface area contributed by atoms with E-state index in [2.05, 4.69) is 0 Å². The number of aryl methyl sites for hydroxylation is 2. The van der Waals surface area contributed by atoms with E-state index in [1.165, 1.54) is 4.31 Å². The Morgan fingerprint density at radius 2 is 1.74 bits per heavy atom. The Labute approximate surface area is 159 Å². The third-order valence-corrected chi connectivity index (χ3v) is 7.26. The van der Waals surface area contributed by atoms with Crippen molar-refractivity contribution in [2.75, 3.05) is 19.6 Å². The lowest BCUT2D eigenvalue weighted by atomic mass is 9.89. The number of rotatable bonds is 5. The van der Waals surface area contributed by atoms with E-state index in [1.54, 1.807) is 26.0 Å². The molecule has 0 aliphatic carbocycles. The second-order valence-corrected chi connectivity index (χ2v) is 8.84. The van der Waals surface area contributed by atoms with Crippen LogP contribution in [0.1, 0.15) is 22.6 Å². The summed E-state index contributed by atoms with van der Waals surface area (Å²) in [6.07, 6.45) is 0. The quantitative estimate of drug-likeness (QED) is 0.625. The highest BCUT2D eigenvalue weighted by Crippen LogP contribution is 2.39. The summed E-state index contributed by atoms with van der Waals surface area (Å²) in [6.45, 7) is 4.00. The highest BCUT2D eigenvalue weighted by Gasteiger charge is 2.42. The summed E-state index contributed by atoms with van der Waals surface area (Å²) in [5, 5.41) is 11.6. The first kappa shape index (κ1) is 19.5. The molecule has 0 amide bonds. The standard InChI is InChI=1S/C19H23N3O4S/c1-13-8-9-14(2)19(18(13)22(23)24)27(25,26)21-11-16(10-20)17(12-21)15-6-4-3-5-7-15/h3-9,16-17H,10-12,20H2,1-2H3/t16-,17+/m1/s1. The summed E-state index contributed by atoms with van der Waals surface area (Å²) in [7, 11) is -4.02. The van der Waals surface area contributed by atoms with Gasteiger partial charge >= 0.3 is 0 Å². The van der Waals surface area contributed by atoms with Gasteiger partial charge in [-0.1, -0.05) is 42.5 Å². The lowest BCUT2D eigenvalue weighted by Crippen LogP contribution is -2.31. The summed E-state index contributed by atoms with van der Waals surface area (Å²) >= 11 is 0. The van der Waals surface area contributed by atoms with E-state index in [0.29, 0.717) is 17.7 Å². The minimum absolute atomic E-state index is 0.0323. The van der Waals surface area contributed by atoms with Gasteiger partial charge < -0.3 is 5.73 Å². The zero-order valence-corrected chi connectivity index (χ0v) is 16.1. The van der Waals surface area contributed by atoms with Gasteiger partial charge in [0.15, 0.2) is 4.90 Å². The monoisotopic (exact) mass is 389 g/mol. The molecule has 2 aromatic rings. The molecule has 1 aliphatic rings. The fourth-order valence-corrected chi connectivity index (χ4v) is 5.75. The van der Waals surface area contributed by atoms with Gasteiger partial charge in [0.1, 0.15) is 0 Å². The number of hydrogen-bond donors (Lipinski definition) is 1. The van der Waals surface area contributed by atoms with Gasteiger partial charge in [0, 0.05) is 24.6 Å². The molecule has 2 atom stereocenters. The van der Waals surface area contributed by atoms with Gasteiger partial charge in [-0.05, 0) is 37.4 Å². The molecule has 0 aromatic heterocycles. The van der Waals surface area contributed by atoms with Crippen molar-refractivity contribution >= 4 is 15.7 Å². The molecule has 0 spiro atoms. The maximum atomic E-state index is 13.4. The maximum absolute atomic E-state index is 13.4. The highest BCUT2D eigenvalue weighted by atomic mass is 32.2. The summed E-state index contributed by atoms with van der Waals surface area (Å²) in [5.74, 6) is -0.0681. The fraction of sp³-hybridized carbons (Fsp3) is 0.368. The van der Waals surface area contributed by atoms with E-state index in [9.17, 15) is 18.5 Å². The lowest BCUT2D eigenvalue weighted by Gasteiger charge is -2.18. The molecule has 7 nitrogen and oxygen atoms in total. The Morgan fingerprint density at radius 1 is 1.11 bits per heavy atom. The Balaban J connectivity index is 2.05. The van der Waals surface area contributed by atoms with Crippen LogP contribution in [0.4, 0.5) is 5.69 Å². The van der Waals surface area contributed by atoms with E-state index in [-0.39, 0.29) is 35.5 Å². The van der Waals surface area contributed by atoms with Crippen LogP contribution >= 0.6 is 0 Å². The predicted molar refractivity (Wildman–Crippen MR) is 103 cm³/mol. The first-order chi connectivity index (χ1) is 12.8. The predicted octanol–water partition coefficient (Wildman–Crippen LogP) is 2.57. The van der Waals surface area contributed by atoms with Gasteiger partial charge in [-0.3, -0.25) is 10.1 Å². The van der Waals surface area contributed by atoms with Crippen LogP contribution in [0.25, 0.3) is 0 Å². The van der Waals surface area contributed by atoms with Crippen molar-refractivity contribution in [3.8, 4) is 0 Å². The largest absolute Gasteiger partial charge is 0.330 e. The van der Waals surface area contributed by atoms with E-state index in [0.717, 1.165) is 5.56 Å². The molecule has 0 saturated carbocycles. The first-order valence-electron chi connectivity index (χ1n) is 8.77. The Kier molecular flexibility index (Phi) is 5.32. The molecule has 1 fully saturated rings. The van der Waals surface area contributed by atoms with Gasteiger partial charge in [-0.25, -0.2) is 8.42 Å². The van der Waals surface area contributed by atoms with Crippen LogP contribution in [-0.2, 0) is 10.0 Å². The molecule has 0 unspecified atom stereocenters. The Bertz CT molecular complexity index is 960. The van der Waals surface area contributed by atoms with Crippen LogP contribution in [-0.4, -0.2) is 37.3 Å². The van der Waals surface area contributed by atoms with Crippen LogP contribution in [0.15, 0.2) is 47.4 Å². The number of nitro benzene ring substituents is 1. The zero-order valence-electron chi connectivity index (χ0n) is 15.3. The van der Waals surface area contributed by atoms with Crippen LogP contribution < -0.4 is 5.73 Å². The second kappa shape index (κ2) is 7.38. The van der Waals surface area contributed by atoms with E-state index >= 15 is 0 Å². The average Bonchev–Trinajstić information content (AvgIpc) is 3.09. The number of hydrogen-bond acceptors (Lipinski definition) is 5. The molecule has 2 N–H and O–H groups in total. The second-order valence-electron chi connectivity index (χ2n) is 6.97. The molecule has 1 saturated heterocycles. The minimum atomic E-state index is -4.02. The number of benzene rings is 2. The van der Waals surface area contributed by atoms with Crippen molar-refractivity contribution in [3.63, 3.8) is 0 Å². The molecule has 8 heteroatoms.